The SMILES string of the molecule is CCCCCCCCCCCCCCCC(=O)OP(=O)(O)C(Cl)P(=O)(O)O. The van der Waals surface area contributed by atoms with E-state index in [2.05, 4.69) is 11.4 Å². The highest BCUT2D eigenvalue weighted by atomic mass is 35.5. The molecule has 0 amide bonds. The van der Waals surface area contributed by atoms with E-state index in [1.165, 1.54) is 57.8 Å². The summed E-state index contributed by atoms with van der Waals surface area (Å²) in [4.78, 5) is 36.1. The summed E-state index contributed by atoms with van der Waals surface area (Å²) in [7, 11) is -9.91. The van der Waals surface area contributed by atoms with Crippen LogP contribution in [0, 0.1) is 0 Å². The second-order valence-electron chi connectivity index (χ2n) is 6.92. The molecule has 3 N–H and O–H groups in total. The lowest BCUT2D eigenvalue weighted by Crippen LogP contribution is -2.09. The molecule has 0 aromatic heterocycles. The Kier molecular flexibility index (Phi) is 15.1. The first-order valence-corrected chi connectivity index (χ1v) is 13.6. The van der Waals surface area contributed by atoms with E-state index in [1.54, 1.807) is 0 Å². The van der Waals surface area contributed by atoms with Gasteiger partial charge in [-0.2, -0.15) is 0 Å². The van der Waals surface area contributed by atoms with Crippen LogP contribution in [0.1, 0.15) is 96.8 Å². The van der Waals surface area contributed by atoms with Gasteiger partial charge in [0.15, 0.2) is 0 Å². The highest BCUT2D eigenvalue weighted by Crippen LogP contribution is 2.64. The van der Waals surface area contributed by atoms with Crippen molar-refractivity contribution >= 4 is 32.8 Å². The third kappa shape index (κ3) is 14.7. The van der Waals surface area contributed by atoms with Gasteiger partial charge in [-0.25, -0.2) is 4.57 Å². The number of hydrogen-bond acceptors (Lipinski definition) is 4. The van der Waals surface area contributed by atoms with Crippen LogP contribution in [0.3, 0.4) is 0 Å². The zero-order chi connectivity index (χ0) is 20.8. The van der Waals surface area contributed by atoms with Crippen LogP contribution in [0.25, 0.3) is 0 Å². The van der Waals surface area contributed by atoms with Gasteiger partial charge >= 0.3 is 21.2 Å². The van der Waals surface area contributed by atoms with Gasteiger partial charge in [-0.3, -0.25) is 9.36 Å². The first kappa shape index (κ1) is 27.1. The summed E-state index contributed by atoms with van der Waals surface area (Å²) < 4.78 is 26.8. The first-order valence-electron chi connectivity index (χ1n) is 9.85. The molecule has 0 aliphatic rings. The van der Waals surface area contributed by atoms with Crippen LogP contribution in [0.2, 0.25) is 0 Å². The van der Waals surface area contributed by atoms with Crippen LogP contribution in [0.4, 0.5) is 0 Å². The van der Waals surface area contributed by atoms with Crippen molar-refractivity contribution in [2.24, 2.45) is 0 Å². The molecule has 0 aromatic rings. The minimum Gasteiger partial charge on any atom is -0.390 e. The second-order valence-corrected chi connectivity index (χ2v) is 11.9. The Morgan fingerprint density at radius 1 is 0.815 bits per heavy atom. The predicted octanol–water partition coefficient (Wildman–Crippen LogP) is 5.90. The van der Waals surface area contributed by atoms with E-state index in [0.29, 0.717) is 6.42 Å². The van der Waals surface area contributed by atoms with Crippen molar-refractivity contribution in [3.05, 3.63) is 0 Å². The average molecular weight is 449 g/mol. The molecule has 2 unspecified atom stereocenters. The summed E-state index contributed by atoms with van der Waals surface area (Å²) in [6, 6.07) is 0. The Morgan fingerprint density at radius 3 is 1.56 bits per heavy atom. The van der Waals surface area contributed by atoms with Crippen LogP contribution < -0.4 is 0 Å². The van der Waals surface area contributed by atoms with Gasteiger partial charge < -0.3 is 19.2 Å². The summed E-state index contributed by atoms with van der Waals surface area (Å²) in [6.07, 6.45) is 14.8. The van der Waals surface area contributed by atoms with Crippen LogP contribution >= 0.6 is 26.8 Å². The number of carbonyl (C=O) groups is 1. The molecule has 27 heavy (non-hydrogen) atoms. The molecular formula is C17H35ClO7P2. The molecule has 0 radical (unpaired) electrons. The molecule has 0 heterocycles. The van der Waals surface area contributed by atoms with Crippen molar-refractivity contribution in [3.8, 4) is 0 Å². The Hall–Kier alpha value is 0.1000. The summed E-state index contributed by atoms with van der Waals surface area (Å²) in [5, 5.41) is 0. The number of unbranched alkanes of at least 4 members (excludes halogenated alkanes) is 12. The van der Waals surface area contributed by atoms with Gasteiger partial charge in [-0.1, -0.05) is 95.6 Å². The molecule has 0 saturated carbocycles. The maximum absolute atomic E-state index is 11.6. The topological polar surface area (TPSA) is 121 Å². The second kappa shape index (κ2) is 15.0. The molecule has 10 heteroatoms. The van der Waals surface area contributed by atoms with Gasteiger partial charge in [0, 0.05) is 6.42 Å². The Balaban J connectivity index is 3.61. The predicted molar refractivity (Wildman–Crippen MR) is 108 cm³/mol. The molecule has 0 aliphatic heterocycles. The minimum atomic E-state index is -5.02. The third-order valence-electron chi connectivity index (χ3n) is 4.26. The van der Waals surface area contributed by atoms with Gasteiger partial charge in [0.2, 0.25) is 4.86 Å². The van der Waals surface area contributed by atoms with Crippen LogP contribution in [-0.4, -0.2) is 25.5 Å². The molecule has 162 valence electrons. The fourth-order valence-corrected chi connectivity index (χ4v) is 4.96. The Bertz CT molecular complexity index is 496. The monoisotopic (exact) mass is 448 g/mol. The molecule has 2 atom stereocenters. The smallest absolute Gasteiger partial charge is 0.390 e. The zero-order valence-electron chi connectivity index (χ0n) is 16.2. The fraction of sp³-hybridized carbons (Fsp3) is 0.941. The van der Waals surface area contributed by atoms with E-state index in [-0.39, 0.29) is 6.42 Å². The minimum absolute atomic E-state index is 0.0763. The van der Waals surface area contributed by atoms with E-state index in [4.69, 9.17) is 21.4 Å². The van der Waals surface area contributed by atoms with E-state index >= 15 is 0 Å². The van der Waals surface area contributed by atoms with E-state index in [1.807, 2.05) is 0 Å². The Morgan fingerprint density at radius 2 is 1.19 bits per heavy atom. The highest BCUT2D eigenvalue weighted by Gasteiger charge is 2.46. The van der Waals surface area contributed by atoms with Crippen molar-refractivity contribution in [2.75, 3.05) is 0 Å². The lowest BCUT2D eigenvalue weighted by atomic mass is 10.0. The van der Waals surface area contributed by atoms with Crippen molar-refractivity contribution < 1.29 is 33.1 Å². The van der Waals surface area contributed by atoms with Crippen molar-refractivity contribution in [2.45, 2.75) is 102 Å². The van der Waals surface area contributed by atoms with E-state index < -0.39 is 26.0 Å². The van der Waals surface area contributed by atoms with Crippen LogP contribution in [-0.2, 0) is 18.4 Å². The highest BCUT2D eigenvalue weighted by molar-refractivity contribution is 7.74. The third-order valence-corrected chi connectivity index (χ3v) is 9.10. The molecule has 0 rings (SSSR count). The maximum atomic E-state index is 11.6. The number of rotatable bonds is 17. The summed E-state index contributed by atoms with van der Waals surface area (Å²) in [6.45, 7) is 2.22. The number of hydrogen-bond donors (Lipinski definition) is 3. The zero-order valence-corrected chi connectivity index (χ0v) is 18.8. The molecule has 0 aromatic carbocycles. The number of alkyl halides is 1. The molecule has 0 fully saturated rings. The molecule has 0 bridgehead atoms. The van der Waals surface area contributed by atoms with Gasteiger partial charge in [0.25, 0.3) is 0 Å². The average Bonchev–Trinajstić information content (AvgIpc) is 2.57. The van der Waals surface area contributed by atoms with Gasteiger partial charge in [-0.15, -0.1) is 0 Å². The number of carbonyl (C=O) groups excluding carboxylic acids is 1. The molecule has 0 spiro atoms. The first-order chi connectivity index (χ1) is 12.6. The van der Waals surface area contributed by atoms with Crippen LogP contribution in [0.5, 0.6) is 0 Å². The normalized spacial score (nSPS) is 15.3. The van der Waals surface area contributed by atoms with E-state index in [0.717, 1.165) is 19.3 Å². The summed E-state index contributed by atoms with van der Waals surface area (Å²) in [5.74, 6) is -0.969. The summed E-state index contributed by atoms with van der Waals surface area (Å²) in [5.41, 5.74) is 0. The Labute approximate surface area is 167 Å². The lowest BCUT2D eigenvalue weighted by Gasteiger charge is -2.17. The molecule has 0 aliphatic carbocycles. The fourth-order valence-electron chi connectivity index (χ4n) is 2.71. The molecular weight excluding hydrogens is 414 g/mol. The van der Waals surface area contributed by atoms with Gasteiger partial charge in [0.1, 0.15) is 0 Å². The van der Waals surface area contributed by atoms with Gasteiger partial charge in [-0.05, 0) is 6.42 Å². The lowest BCUT2D eigenvalue weighted by molar-refractivity contribution is -0.134. The largest absolute Gasteiger partial charge is 0.408 e. The van der Waals surface area contributed by atoms with Crippen molar-refractivity contribution in [1.82, 2.24) is 0 Å². The number of halogens is 1. The maximum Gasteiger partial charge on any atom is 0.408 e. The van der Waals surface area contributed by atoms with Crippen molar-refractivity contribution in [1.29, 1.82) is 0 Å². The van der Waals surface area contributed by atoms with Gasteiger partial charge in [0.05, 0.1) is 0 Å². The van der Waals surface area contributed by atoms with Crippen molar-refractivity contribution in [3.63, 3.8) is 0 Å². The quantitative estimate of drug-likeness (QED) is 0.144. The van der Waals surface area contributed by atoms with Crippen LogP contribution in [0.15, 0.2) is 0 Å². The standard InChI is InChI=1S/C17H35ClO7P2/c1-2-3-4-5-6-7-8-9-10-11-12-13-14-15-16(19)25-27(23,24)17(18)26(20,21)22/h17H,2-15H2,1H3,(H,23,24)(H2,20,21,22). The van der Waals surface area contributed by atoms with E-state index in [9.17, 15) is 18.8 Å². The summed E-state index contributed by atoms with van der Waals surface area (Å²) >= 11 is 5.23. The molecule has 7 nitrogen and oxygen atoms in total. The molecule has 0 saturated heterocycles.